The monoisotopic (exact) mass is 251 g/mol. The van der Waals surface area contributed by atoms with E-state index in [-0.39, 0.29) is 65.7 Å². The molecule has 0 aromatic rings. The van der Waals surface area contributed by atoms with Gasteiger partial charge in [-0.25, -0.2) is 0 Å². The average molecular weight is 251 g/mol. The molecule has 0 aliphatic heterocycles. The molecule has 0 fully saturated rings. The van der Waals surface area contributed by atoms with Gasteiger partial charge in [-0.15, -0.1) is 0 Å². The third-order valence-electron chi connectivity index (χ3n) is 1.47. The first-order chi connectivity index (χ1) is 6.47. The Morgan fingerprint density at radius 2 is 1.75 bits per heavy atom. The van der Waals surface area contributed by atoms with Crippen molar-refractivity contribution in [1.29, 1.82) is 0 Å². The summed E-state index contributed by atoms with van der Waals surface area (Å²) in [6.45, 7) is -0.777. The van der Waals surface area contributed by atoms with Crippen LogP contribution in [-0.2, 0) is 9.59 Å². The Morgan fingerprint density at radius 3 is 2.06 bits per heavy atom. The molecular formula is C7H11NNa2O6. The molecule has 0 aliphatic carbocycles. The molecule has 0 aromatic carbocycles. The molecule has 0 rings (SSSR count). The molecule has 0 radical (unpaired) electrons. The van der Waals surface area contributed by atoms with Crippen molar-refractivity contribution in [1.82, 2.24) is 5.32 Å². The van der Waals surface area contributed by atoms with Crippen molar-refractivity contribution in [3.05, 3.63) is 0 Å². The normalized spacial score (nSPS) is 12.9. The number of hydrogen-bond acceptors (Lipinski definition) is 7. The Bertz CT molecular complexity index is 215. The fourth-order valence-corrected chi connectivity index (χ4v) is 0.748. The summed E-state index contributed by atoms with van der Waals surface area (Å²) in [7, 11) is 0. The van der Waals surface area contributed by atoms with Crippen LogP contribution in [0.3, 0.4) is 0 Å². The van der Waals surface area contributed by atoms with E-state index in [0.29, 0.717) is 0 Å². The summed E-state index contributed by atoms with van der Waals surface area (Å²) >= 11 is 0. The van der Waals surface area contributed by atoms with Gasteiger partial charge in [0, 0.05) is 18.9 Å². The third-order valence-corrected chi connectivity index (χ3v) is 1.47. The van der Waals surface area contributed by atoms with Gasteiger partial charge in [0.15, 0.2) is 0 Å². The molecular weight excluding hydrogens is 240 g/mol. The Morgan fingerprint density at radius 1 is 1.25 bits per heavy atom. The minimum Gasteiger partial charge on any atom is -0.550 e. The largest absolute Gasteiger partial charge is 1.00 e. The zero-order chi connectivity index (χ0) is 11.1. The SMILES string of the molecule is O=C([O-])C[C@H](NCC(O)CO)C(=O)[O-].[Na+].[Na+]. The van der Waals surface area contributed by atoms with Gasteiger partial charge in [0.1, 0.15) is 0 Å². The van der Waals surface area contributed by atoms with Gasteiger partial charge in [-0.1, -0.05) is 0 Å². The zero-order valence-corrected chi connectivity index (χ0v) is 13.3. The predicted molar refractivity (Wildman–Crippen MR) is 39.5 cm³/mol. The maximum Gasteiger partial charge on any atom is 1.00 e. The number of rotatable bonds is 7. The van der Waals surface area contributed by atoms with Crippen molar-refractivity contribution in [3.63, 3.8) is 0 Å². The third kappa shape index (κ3) is 11.3. The number of carbonyl (C=O) groups is 2. The molecule has 0 saturated heterocycles. The van der Waals surface area contributed by atoms with Gasteiger partial charge in [-0.3, -0.25) is 0 Å². The minimum atomic E-state index is -1.60. The molecule has 3 N–H and O–H groups in total. The van der Waals surface area contributed by atoms with E-state index in [1.54, 1.807) is 0 Å². The number of nitrogens with one attached hydrogen (secondary N) is 1. The van der Waals surface area contributed by atoms with Crippen molar-refractivity contribution in [2.75, 3.05) is 13.2 Å². The summed E-state index contributed by atoms with van der Waals surface area (Å²) in [5, 5.41) is 39.8. The van der Waals surface area contributed by atoms with Gasteiger partial charge in [0.05, 0.1) is 24.7 Å². The smallest absolute Gasteiger partial charge is 0.550 e. The molecule has 1 unspecified atom stereocenters. The zero-order valence-electron chi connectivity index (χ0n) is 9.30. The van der Waals surface area contributed by atoms with Crippen LogP contribution in [0.1, 0.15) is 6.42 Å². The minimum absolute atomic E-state index is 0. The first kappa shape index (κ1) is 22.0. The molecule has 7 nitrogen and oxygen atoms in total. The number of carboxylic acids is 2. The second-order valence-corrected chi connectivity index (χ2v) is 2.69. The molecule has 0 aromatic heterocycles. The molecule has 2 atom stereocenters. The molecule has 0 saturated carbocycles. The Kier molecular flexibility index (Phi) is 16.9. The summed E-state index contributed by atoms with van der Waals surface area (Å²) in [5.41, 5.74) is 0. The summed E-state index contributed by atoms with van der Waals surface area (Å²) in [6.07, 6.45) is -1.89. The van der Waals surface area contributed by atoms with Gasteiger partial charge in [0.2, 0.25) is 0 Å². The second-order valence-electron chi connectivity index (χ2n) is 2.69. The van der Waals surface area contributed by atoms with Gasteiger partial charge >= 0.3 is 59.1 Å². The fraction of sp³-hybridized carbons (Fsp3) is 0.714. The van der Waals surface area contributed by atoms with E-state index in [2.05, 4.69) is 5.32 Å². The molecule has 16 heavy (non-hydrogen) atoms. The van der Waals surface area contributed by atoms with Crippen LogP contribution in [0.25, 0.3) is 0 Å². The molecule has 0 amide bonds. The number of carboxylic acid groups (broad SMARTS) is 2. The van der Waals surface area contributed by atoms with Crippen LogP contribution >= 0.6 is 0 Å². The maximum atomic E-state index is 10.3. The van der Waals surface area contributed by atoms with Crippen molar-refractivity contribution in [2.24, 2.45) is 0 Å². The number of hydrogen-bond donors (Lipinski definition) is 3. The molecule has 9 heteroatoms. The Hall–Kier alpha value is 0.820. The van der Waals surface area contributed by atoms with Crippen molar-refractivity contribution in [3.8, 4) is 0 Å². The first-order valence-electron chi connectivity index (χ1n) is 3.90. The maximum absolute atomic E-state index is 10.3. The number of carbonyl (C=O) groups excluding carboxylic acids is 2. The summed E-state index contributed by atoms with van der Waals surface area (Å²) in [5.74, 6) is -3.13. The van der Waals surface area contributed by atoms with E-state index in [9.17, 15) is 19.8 Å². The van der Waals surface area contributed by atoms with E-state index in [1.165, 1.54) is 0 Å². The summed E-state index contributed by atoms with van der Waals surface area (Å²) in [6, 6.07) is -1.43. The van der Waals surface area contributed by atoms with Crippen LogP contribution in [0.2, 0.25) is 0 Å². The molecule has 82 valence electrons. The van der Waals surface area contributed by atoms with Crippen LogP contribution in [-0.4, -0.2) is 47.4 Å². The molecule has 0 aliphatic rings. The predicted octanol–water partition coefficient (Wildman–Crippen LogP) is -10.8. The van der Waals surface area contributed by atoms with Crippen LogP contribution in [0.4, 0.5) is 0 Å². The summed E-state index contributed by atoms with van der Waals surface area (Å²) in [4.78, 5) is 20.4. The van der Waals surface area contributed by atoms with E-state index in [4.69, 9.17) is 10.2 Å². The van der Waals surface area contributed by atoms with Gasteiger partial charge in [-0.05, 0) is 0 Å². The van der Waals surface area contributed by atoms with Crippen LogP contribution in [0.15, 0.2) is 0 Å². The Balaban J connectivity index is -0.000000845. The summed E-state index contributed by atoms with van der Waals surface area (Å²) < 4.78 is 0. The van der Waals surface area contributed by atoms with Crippen LogP contribution in [0.5, 0.6) is 0 Å². The van der Waals surface area contributed by atoms with Gasteiger partial charge < -0.3 is 35.3 Å². The number of aliphatic carboxylic acids is 2. The second kappa shape index (κ2) is 12.3. The quantitative estimate of drug-likeness (QED) is 0.382. The van der Waals surface area contributed by atoms with Crippen molar-refractivity contribution < 1.29 is 89.1 Å². The average Bonchev–Trinajstić information content (AvgIpc) is 2.10. The standard InChI is InChI=1S/C7H13NO6.2Na/c9-3-4(10)2-8-5(7(13)14)1-6(11)12;;/h4-5,8-10H,1-3H2,(H,11,12)(H,13,14);;/q;2*+1/p-2/t4?,5-;;/m0../s1. The molecule has 0 heterocycles. The van der Waals surface area contributed by atoms with Crippen molar-refractivity contribution >= 4 is 11.9 Å². The fourth-order valence-electron chi connectivity index (χ4n) is 0.748. The van der Waals surface area contributed by atoms with E-state index in [1.807, 2.05) is 0 Å². The van der Waals surface area contributed by atoms with Gasteiger partial charge in [-0.2, -0.15) is 0 Å². The molecule has 0 spiro atoms. The number of aliphatic hydroxyl groups is 2. The van der Waals surface area contributed by atoms with Crippen molar-refractivity contribution in [2.45, 2.75) is 18.6 Å². The van der Waals surface area contributed by atoms with E-state index in [0.717, 1.165) is 0 Å². The van der Waals surface area contributed by atoms with Crippen LogP contribution < -0.4 is 74.6 Å². The van der Waals surface area contributed by atoms with Crippen LogP contribution in [0, 0.1) is 0 Å². The molecule has 0 bridgehead atoms. The Labute approximate surface area is 137 Å². The van der Waals surface area contributed by atoms with E-state index >= 15 is 0 Å². The van der Waals surface area contributed by atoms with Gasteiger partial charge in [0.25, 0.3) is 0 Å². The first-order valence-corrected chi connectivity index (χ1v) is 3.90. The van der Waals surface area contributed by atoms with E-state index < -0.39 is 37.1 Å². The number of aliphatic hydroxyl groups excluding tert-OH is 2. The topological polar surface area (TPSA) is 133 Å².